The molecule has 39 heavy (non-hydrogen) atoms. The van der Waals surface area contributed by atoms with Crippen molar-refractivity contribution in [3.8, 4) is 11.5 Å². The molecular formula is C30H29N3O5S. The Morgan fingerprint density at radius 3 is 2.44 bits per heavy atom. The van der Waals surface area contributed by atoms with Gasteiger partial charge in [-0.3, -0.25) is 9.10 Å². The van der Waals surface area contributed by atoms with Crippen LogP contribution in [0, 0.1) is 6.92 Å². The molecule has 0 saturated carbocycles. The average Bonchev–Trinajstić information content (AvgIpc) is 3.37. The maximum atomic E-state index is 13.7. The van der Waals surface area contributed by atoms with Crippen molar-refractivity contribution < 1.29 is 22.7 Å². The highest BCUT2D eigenvalue weighted by Gasteiger charge is 2.29. The molecule has 0 aromatic heterocycles. The van der Waals surface area contributed by atoms with Gasteiger partial charge in [-0.1, -0.05) is 48.0 Å². The summed E-state index contributed by atoms with van der Waals surface area (Å²) >= 11 is 0. The molecular weight excluding hydrogens is 514 g/mol. The molecule has 9 heteroatoms. The van der Waals surface area contributed by atoms with Crippen molar-refractivity contribution in [3.63, 3.8) is 0 Å². The van der Waals surface area contributed by atoms with Crippen molar-refractivity contribution in [3.05, 3.63) is 95.1 Å². The third kappa shape index (κ3) is 5.18. The van der Waals surface area contributed by atoms with Crippen LogP contribution < -0.4 is 19.2 Å². The van der Waals surface area contributed by atoms with E-state index in [0.717, 1.165) is 33.7 Å². The highest BCUT2D eigenvalue weighted by Crippen LogP contribution is 2.35. The van der Waals surface area contributed by atoms with E-state index in [1.165, 1.54) is 42.9 Å². The predicted molar refractivity (Wildman–Crippen MR) is 152 cm³/mol. The van der Waals surface area contributed by atoms with E-state index >= 15 is 0 Å². The largest absolute Gasteiger partial charge is 0.497 e. The summed E-state index contributed by atoms with van der Waals surface area (Å²) in [5, 5.41) is 6.48. The van der Waals surface area contributed by atoms with Crippen molar-refractivity contribution >= 4 is 38.6 Å². The maximum absolute atomic E-state index is 13.7. The molecule has 1 aliphatic carbocycles. The first-order valence-electron chi connectivity index (χ1n) is 12.5. The Morgan fingerprint density at radius 1 is 0.974 bits per heavy atom. The van der Waals surface area contributed by atoms with E-state index in [9.17, 15) is 13.2 Å². The number of hydrogen-bond donors (Lipinski definition) is 1. The van der Waals surface area contributed by atoms with Gasteiger partial charge in [-0.25, -0.2) is 13.8 Å². The third-order valence-corrected chi connectivity index (χ3v) is 8.63. The number of amides is 1. The van der Waals surface area contributed by atoms with Crippen molar-refractivity contribution in [2.45, 2.75) is 24.7 Å². The Balaban J connectivity index is 1.43. The molecule has 0 atom stereocenters. The van der Waals surface area contributed by atoms with Gasteiger partial charge in [-0.2, -0.15) is 5.10 Å². The fourth-order valence-electron chi connectivity index (χ4n) is 4.85. The topological polar surface area (TPSA) is 97.3 Å². The second-order valence-electron chi connectivity index (χ2n) is 9.31. The molecule has 5 rings (SSSR count). The lowest BCUT2D eigenvalue weighted by atomic mass is 10.0. The molecule has 1 aliphatic rings. The molecule has 1 amide bonds. The van der Waals surface area contributed by atoms with E-state index in [1.54, 1.807) is 36.5 Å². The molecule has 0 aliphatic heterocycles. The molecule has 4 aromatic carbocycles. The summed E-state index contributed by atoms with van der Waals surface area (Å²) < 4.78 is 39.2. The smallest absolute Gasteiger partial charge is 0.264 e. The van der Waals surface area contributed by atoms with Crippen LogP contribution in [-0.4, -0.2) is 41.3 Å². The van der Waals surface area contributed by atoms with Gasteiger partial charge in [0.1, 0.15) is 18.0 Å². The Labute approximate surface area is 227 Å². The lowest BCUT2D eigenvalue weighted by molar-refractivity contribution is -0.119. The minimum absolute atomic E-state index is 0.0511. The number of nitrogens with one attached hydrogen (secondary N) is 1. The summed E-state index contributed by atoms with van der Waals surface area (Å²) in [6.45, 7) is 1.36. The van der Waals surface area contributed by atoms with Crippen LogP contribution >= 0.6 is 0 Å². The van der Waals surface area contributed by atoms with Crippen molar-refractivity contribution in [1.82, 2.24) is 5.43 Å². The number of carbonyl (C=O) groups is 1. The SMILES string of the molecule is COc1ccc(N(CC(=O)N/N=C\c2ccc3c4c(cccc24)CC3)S(=O)(=O)c2ccc(C)cc2)c(OC)c1. The van der Waals surface area contributed by atoms with Gasteiger partial charge in [0.2, 0.25) is 0 Å². The van der Waals surface area contributed by atoms with Gasteiger partial charge >= 0.3 is 0 Å². The number of aryl methyl sites for hydroxylation is 3. The first-order chi connectivity index (χ1) is 18.8. The molecule has 0 spiro atoms. The average molecular weight is 544 g/mol. The van der Waals surface area contributed by atoms with E-state index in [4.69, 9.17) is 9.47 Å². The van der Waals surface area contributed by atoms with Gasteiger partial charge in [-0.05, 0) is 65.9 Å². The number of methoxy groups -OCH3 is 2. The number of benzene rings is 4. The molecule has 200 valence electrons. The van der Waals surface area contributed by atoms with Gasteiger partial charge in [0.15, 0.2) is 0 Å². The summed E-state index contributed by atoms with van der Waals surface area (Å²) in [6, 6.07) is 21.5. The minimum Gasteiger partial charge on any atom is -0.497 e. The first-order valence-corrected chi connectivity index (χ1v) is 13.9. The predicted octanol–water partition coefficient (Wildman–Crippen LogP) is 4.61. The van der Waals surface area contributed by atoms with Gasteiger partial charge < -0.3 is 9.47 Å². The molecule has 0 unspecified atom stereocenters. The quantitative estimate of drug-likeness (QED) is 0.246. The molecule has 0 radical (unpaired) electrons. The Bertz CT molecular complexity index is 1670. The number of anilines is 1. The van der Waals surface area contributed by atoms with Crippen LogP contribution in [0.15, 0.2) is 82.8 Å². The van der Waals surface area contributed by atoms with Crippen LogP contribution in [0.25, 0.3) is 10.8 Å². The van der Waals surface area contributed by atoms with Gasteiger partial charge in [0, 0.05) is 11.6 Å². The molecule has 4 aromatic rings. The summed E-state index contributed by atoms with van der Waals surface area (Å²) in [6.07, 6.45) is 3.63. The first kappa shape index (κ1) is 26.2. The third-order valence-electron chi connectivity index (χ3n) is 6.86. The Morgan fingerprint density at radius 2 is 1.72 bits per heavy atom. The zero-order valence-corrected chi connectivity index (χ0v) is 22.8. The molecule has 0 heterocycles. The molecule has 8 nitrogen and oxygen atoms in total. The van der Waals surface area contributed by atoms with Crippen molar-refractivity contribution in [2.75, 3.05) is 25.1 Å². The van der Waals surface area contributed by atoms with Crippen LogP contribution in [0.5, 0.6) is 11.5 Å². The standard InChI is InChI=1S/C30H29N3O5S/c1-20-7-14-25(15-8-20)39(35,36)33(27-16-13-24(37-2)17-28(27)38-3)19-29(34)32-31-18-23-12-11-22-10-9-21-5-4-6-26(23)30(21)22/h4-8,11-18H,9-10,19H2,1-3H3,(H,32,34)/b31-18-. The van der Waals surface area contributed by atoms with Gasteiger partial charge in [-0.15, -0.1) is 0 Å². The maximum Gasteiger partial charge on any atom is 0.264 e. The number of rotatable bonds is 9. The number of hydrogen-bond acceptors (Lipinski definition) is 6. The van der Waals surface area contributed by atoms with E-state index in [-0.39, 0.29) is 16.3 Å². The summed E-state index contributed by atoms with van der Waals surface area (Å²) in [4.78, 5) is 13.1. The zero-order chi connectivity index (χ0) is 27.6. The van der Waals surface area contributed by atoms with E-state index in [1.807, 2.05) is 25.1 Å². The zero-order valence-electron chi connectivity index (χ0n) is 22.0. The van der Waals surface area contributed by atoms with Crippen LogP contribution in [-0.2, 0) is 27.7 Å². The molecule has 0 bridgehead atoms. The number of ether oxygens (including phenoxy) is 2. The van der Waals surface area contributed by atoms with E-state index in [0.29, 0.717) is 5.75 Å². The number of carbonyl (C=O) groups excluding carboxylic acids is 1. The molecule has 0 fully saturated rings. The fourth-order valence-corrected chi connectivity index (χ4v) is 6.28. The monoisotopic (exact) mass is 543 g/mol. The minimum atomic E-state index is -4.13. The van der Waals surface area contributed by atoms with Crippen LogP contribution in [0.3, 0.4) is 0 Å². The Kier molecular flexibility index (Phi) is 7.26. The fraction of sp³-hybridized carbons (Fsp3) is 0.200. The summed E-state index contributed by atoms with van der Waals surface area (Å²) in [7, 11) is -1.20. The highest BCUT2D eigenvalue weighted by molar-refractivity contribution is 7.92. The van der Waals surface area contributed by atoms with E-state index < -0.39 is 22.5 Å². The number of sulfonamides is 1. The van der Waals surface area contributed by atoms with Crippen LogP contribution in [0.1, 0.15) is 22.3 Å². The lowest BCUT2D eigenvalue weighted by Crippen LogP contribution is -2.39. The lowest BCUT2D eigenvalue weighted by Gasteiger charge is -2.25. The summed E-state index contributed by atoms with van der Waals surface area (Å²) in [5.74, 6) is 0.127. The Hall–Kier alpha value is -4.37. The summed E-state index contributed by atoms with van der Waals surface area (Å²) in [5.41, 5.74) is 7.10. The normalized spacial score (nSPS) is 12.6. The number of nitrogens with zero attached hydrogens (tertiary/aromatic N) is 2. The molecule has 1 N–H and O–H groups in total. The second kappa shape index (κ2) is 10.8. The van der Waals surface area contributed by atoms with Crippen molar-refractivity contribution in [1.29, 1.82) is 0 Å². The van der Waals surface area contributed by atoms with Crippen LogP contribution in [0.2, 0.25) is 0 Å². The van der Waals surface area contributed by atoms with Crippen LogP contribution in [0.4, 0.5) is 5.69 Å². The van der Waals surface area contributed by atoms with E-state index in [2.05, 4.69) is 22.7 Å². The highest BCUT2D eigenvalue weighted by atomic mass is 32.2. The second-order valence-corrected chi connectivity index (χ2v) is 11.2. The number of hydrazone groups is 1. The van der Waals surface area contributed by atoms with Gasteiger partial charge in [0.05, 0.1) is 31.0 Å². The van der Waals surface area contributed by atoms with Crippen molar-refractivity contribution in [2.24, 2.45) is 5.10 Å². The molecule has 0 saturated heterocycles. The van der Waals surface area contributed by atoms with Gasteiger partial charge in [0.25, 0.3) is 15.9 Å².